The summed E-state index contributed by atoms with van der Waals surface area (Å²) in [6.45, 7) is 1.73. The second-order valence-electron chi connectivity index (χ2n) is 6.06. The predicted molar refractivity (Wildman–Crippen MR) is 93.6 cm³/mol. The van der Waals surface area contributed by atoms with Crippen molar-refractivity contribution in [2.24, 2.45) is 0 Å². The predicted octanol–water partition coefficient (Wildman–Crippen LogP) is 4.73. The lowest BCUT2D eigenvalue weighted by atomic mass is 10.0. The summed E-state index contributed by atoms with van der Waals surface area (Å²) in [7, 11) is 0. The number of halogens is 1. The van der Waals surface area contributed by atoms with Crippen LogP contribution in [0.3, 0.4) is 0 Å². The van der Waals surface area contributed by atoms with Crippen LogP contribution in [0.4, 0.5) is 0 Å². The highest BCUT2D eigenvalue weighted by molar-refractivity contribution is 6.30. The van der Waals surface area contributed by atoms with Gasteiger partial charge in [-0.2, -0.15) is 4.98 Å². The number of hydrogen-bond acceptors (Lipinski definition) is 4. The van der Waals surface area contributed by atoms with Crippen molar-refractivity contribution in [2.75, 3.05) is 6.54 Å². The molecule has 1 aliphatic heterocycles. The van der Waals surface area contributed by atoms with Gasteiger partial charge >= 0.3 is 0 Å². The Morgan fingerprint density at radius 3 is 2.67 bits per heavy atom. The molecule has 1 saturated heterocycles. The average Bonchev–Trinajstić information content (AvgIpc) is 3.26. The van der Waals surface area contributed by atoms with Crippen LogP contribution in [0.5, 0.6) is 0 Å². The molecule has 24 heavy (non-hydrogen) atoms. The van der Waals surface area contributed by atoms with Gasteiger partial charge in [0.2, 0.25) is 11.7 Å². The van der Waals surface area contributed by atoms with Gasteiger partial charge in [-0.1, -0.05) is 47.1 Å². The van der Waals surface area contributed by atoms with E-state index in [1.54, 1.807) is 0 Å². The highest BCUT2D eigenvalue weighted by atomic mass is 35.5. The second-order valence-corrected chi connectivity index (χ2v) is 6.49. The van der Waals surface area contributed by atoms with Crippen LogP contribution in [0.15, 0.2) is 59.1 Å². The normalized spacial score (nSPS) is 18.1. The molecule has 2 heterocycles. The summed E-state index contributed by atoms with van der Waals surface area (Å²) in [6, 6.07) is 18.5. The van der Waals surface area contributed by atoms with Crippen molar-refractivity contribution in [3.8, 4) is 11.4 Å². The summed E-state index contributed by atoms with van der Waals surface area (Å²) >= 11 is 5.92. The van der Waals surface area contributed by atoms with Gasteiger partial charge < -0.3 is 4.52 Å². The molecule has 0 saturated carbocycles. The molecular formula is C19H18ClN3O. The molecule has 0 radical (unpaired) electrons. The Balaban J connectivity index is 1.50. The third-order valence-electron chi connectivity index (χ3n) is 4.46. The first-order valence-electron chi connectivity index (χ1n) is 8.17. The van der Waals surface area contributed by atoms with Gasteiger partial charge in [0.25, 0.3) is 0 Å². The van der Waals surface area contributed by atoms with Gasteiger partial charge in [-0.15, -0.1) is 0 Å². The first-order chi connectivity index (χ1) is 11.8. The van der Waals surface area contributed by atoms with Crippen molar-refractivity contribution < 1.29 is 4.52 Å². The smallest absolute Gasteiger partial charge is 0.241 e. The van der Waals surface area contributed by atoms with Gasteiger partial charge in [0, 0.05) is 16.6 Å². The fraction of sp³-hybridized carbons (Fsp3) is 0.263. The van der Waals surface area contributed by atoms with Gasteiger partial charge in [0.05, 0.1) is 6.54 Å². The van der Waals surface area contributed by atoms with E-state index in [2.05, 4.69) is 45.4 Å². The Labute approximate surface area is 146 Å². The summed E-state index contributed by atoms with van der Waals surface area (Å²) in [6.07, 6.45) is 2.36. The molecule has 0 N–H and O–H groups in total. The maximum Gasteiger partial charge on any atom is 0.241 e. The van der Waals surface area contributed by atoms with Crippen LogP contribution in [-0.4, -0.2) is 21.6 Å². The molecule has 0 spiro atoms. The van der Waals surface area contributed by atoms with E-state index < -0.39 is 0 Å². The Bertz CT molecular complexity index is 801. The van der Waals surface area contributed by atoms with Crippen LogP contribution in [0.2, 0.25) is 5.02 Å². The summed E-state index contributed by atoms with van der Waals surface area (Å²) < 4.78 is 5.46. The number of likely N-dealkylation sites (tertiary alicyclic amines) is 1. The van der Waals surface area contributed by atoms with Gasteiger partial charge in [0.1, 0.15) is 0 Å². The molecule has 3 aromatic rings. The Hall–Kier alpha value is -2.17. The number of rotatable bonds is 4. The number of benzene rings is 2. The number of hydrogen-bond donors (Lipinski definition) is 0. The molecule has 0 amide bonds. The lowest BCUT2D eigenvalue weighted by Gasteiger charge is -2.22. The molecule has 4 nitrogen and oxygen atoms in total. The molecule has 122 valence electrons. The molecule has 0 aliphatic carbocycles. The topological polar surface area (TPSA) is 42.2 Å². The molecule has 1 atom stereocenters. The zero-order valence-electron chi connectivity index (χ0n) is 13.2. The van der Waals surface area contributed by atoms with Crippen molar-refractivity contribution in [2.45, 2.75) is 25.4 Å². The van der Waals surface area contributed by atoms with Crippen LogP contribution in [-0.2, 0) is 6.54 Å². The van der Waals surface area contributed by atoms with Gasteiger partial charge in [-0.3, -0.25) is 4.90 Å². The van der Waals surface area contributed by atoms with E-state index in [4.69, 9.17) is 16.1 Å². The quantitative estimate of drug-likeness (QED) is 0.689. The van der Waals surface area contributed by atoms with E-state index in [1.807, 2.05) is 24.3 Å². The van der Waals surface area contributed by atoms with Crippen molar-refractivity contribution in [1.29, 1.82) is 0 Å². The van der Waals surface area contributed by atoms with Crippen LogP contribution >= 0.6 is 11.6 Å². The van der Waals surface area contributed by atoms with E-state index in [1.165, 1.54) is 18.4 Å². The summed E-state index contributed by atoms with van der Waals surface area (Å²) in [5.41, 5.74) is 2.27. The maximum absolute atomic E-state index is 5.92. The average molecular weight is 340 g/mol. The lowest BCUT2D eigenvalue weighted by molar-refractivity contribution is 0.212. The molecule has 1 aliphatic rings. The fourth-order valence-electron chi connectivity index (χ4n) is 3.28. The lowest BCUT2D eigenvalue weighted by Crippen LogP contribution is -2.22. The molecule has 1 unspecified atom stereocenters. The van der Waals surface area contributed by atoms with Gasteiger partial charge in [-0.05, 0) is 49.2 Å². The standard InChI is InChI=1S/C19H18ClN3O/c20-16-10-8-15(9-11-16)19-21-18(24-22-19)13-23-12-4-7-17(23)14-5-2-1-3-6-14/h1-3,5-6,8-11,17H,4,7,12-13H2. The van der Waals surface area contributed by atoms with Crippen LogP contribution in [0, 0.1) is 0 Å². The fourth-order valence-corrected chi connectivity index (χ4v) is 3.40. The molecular weight excluding hydrogens is 322 g/mol. The Morgan fingerprint density at radius 2 is 1.88 bits per heavy atom. The first-order valence-corrected chi connectivity index (χ1v) is 8.55. The highest BCUT2D eigenvalue weighted by Crippen LogP contribution is 2.33. The molecule has 2 aromatic carbocycles. The van der Waals surface area contributed by atoms with Crippen LogP contribution in [0.1, 0.15) is 30.3 Å². The largest absolute Gasteiger partial charge is 0.338 e. The summed E-state index contributed by atoms with van der Waals surface area (Å²) in [5.74, 6) is 1.26. The minimum absolute atomic E-state index is 0.428. The van der Waals surface area contributed by atoms with E-state index in [9.17, 15) is 0 Å². The van der Waals surface area contributed by atoms with Gasteiger partial charge in [-0.25, -0.2) is 0 Å². The van der Waals surface area contributed by atoms with Crippen molar-refractivity contribution >= 4 is 11.6 Å². The molecule has 1 aromatic heterocycles. The van der Waals surface area contributed by atoms with Crippen molar-refractivity contribution in [1.82, 2.24) is 15.0 Å². The van der Waals surface area contributed by atoms with E-state index in [0.29, 0.717) is 29.3 Å². The summed E-state index contributed by atoms with van der Waals surface area (Å²) in [5, 5.41) is 4.80. The zero-order chi connectivity index (χ0) is 16.4. The third kappa shape index (κ3) is 3.21. The number of aromatic nitrogens is 2. The van der Waals surface area contributed by atoms with Crippen molar-refractivity contribution in [3.05, 3.63) is 71.1 Å². The third-order valence-corrected chi connectivity index (χ3v) is 4.71. The highest BCUT2D eigenvalue weighted by Gasteiger charge is 2.27. The first kappa shape index (κ1) is 15.4. The maximum atomic E-state index is 5.92. The van der Waals surface area contributed by atoms with Gasteiger partial charge in [0.15, 0.2) is 0 Å². The van der Waals surface area contributed by atoms with E-state index >= 15 is 0 Å². The Morgan fingerprint density at radius 1 is 1.08 bits per heavy atom. The second kappa shape index (κ2) is 6.75. The minimum atomic E-state index is 0.428. The van der Waals surface area contributed by atoms with Crippen LogP contribution < -0.4 is 0 Å². The SMILES string of the molecule is Clc1ccc(-c2noc(CN3CCCC3c3ccccc3)n2)cc1. The Kier molecular flexibility index (Phi) is 4.32. The zero-order valence-corrected chi connectivity index (χ0v) is 14.0. The summed E-state index contributed by atoms with van der Waals surface area (Å²) in [4.78, 5) is 6.95. The van der Waals surface area contributed by atoms with Crippen LogP contribution in [0.25, 0.3) is 11.4 Å². The number of nitrogens with zero attached hydrogens (tertiary/aromatic N) is 3. The molecule has 4 rings (SSSR count). The van der Waals surface area contributed by atoms with Crippen molar-refractivity contribution in [3.63, 3.8) is 0 Å². The van der Waals surface area contributed by atoms with E-state index in [-0.39, 0.29) is 0 Å². The molecule has 0 bridgehead atoms. The minimum Gasteiger partial charge on any atom is -0.338 e. The van der Waals surface area contributed by atoms with E-state index in [0.717, 1.165) is 12.1 Å². The molecule has 1 fully saturated rings. The molecule has 5 heteroatoms. The monoisotopic (exact) mass is 339 g/mol.